The van der Waals surface area contributed by atoms with E-state index < -0.39 is 6.23 Å². The lowest BCUT2D eigenvalue weighted by atomic mass is 10.0. The quantitative estimate of drug-likeness (QED) is 0.320. The number of amides is 1. The molecule has 2 unspecified atom stereocenters. The van der Waals surface area contributed by atoms with Gasteiger partial charge in [0.2, 0.25) is 6.23 Å². The zero-order chi connectivity index (χ0) is 24.0. The predicted molar refractivity (Wildman–Crippen MR) is 129 cm³/mol. The summed E-state index contributed by atoms with van der Waals surface area (Å²) < 4.78 is 19.9. The summed E-state index contributed by atoms with van der Waals surface area (Å²) in [5, 5.41) is 0.507. The fourth-order valence-electron chi connectivity index (χ4n) is 3.78. The van der Waals surface area contributed by atoms with Gasteiger partial charge in [0.25, 0.3) is 12.4 Å². The van der Waals surface area contributed by atoms with Gasteiger partial charge in [-0.2, -0.15) is 0 Å². The number of hydrogen-bond acceptors (Lipinski definition) is 8. The molecular weight excluding hydrogens is 489 g/mol. The monoisotopic (exact) mass is 519 g/mol. The molecule has 0 N–H and O–H groups in total. The molecule has 2 aliphatic rings. The van der Waals surface area contributed by atoms with E-state index in [1.165, 1.54) is 16.4 Å². The van der Waals surface area contributed by atoms with Crippen LogP contribution in [0.1, 0.15) is 38.5 Å². The lowest BCUT2D eigenvalue weighted by Gasteiger charge is -2.27. The molecule has 0 radical (unpaired) electrons. The number of rotatable bonds is 11. The summed E-state index contributed by atoms with van der Waals surface area (Å²) in [7, 11) is 1.85. The molecule has 2 saturated heterocycles. The number of benzene rings is 1. The summed E-state index contributed by atoms with van der Waals surface area (Å²) in [5.74, 6) is 0.744. The Bertz CT molecular complexity index is 825. The minimum Gasteiger partial charge on any atom is -0.491 e. The van der Waals surface area contributed by atoms with Crippen LogP contribution in [0, 0.1) is 5.92 Å². The van der Waals surface area contributed by atoms with Crippen molar-refractivity contribution in [3.8, 4) is 5.75 Å². The second kappa shape index (κ2) is 12.5. The molecule has 0 saturated carbocycles. The summed E-state index contributed by atoms with van der Waals surface area (Å²) in [6.07, 6.45) is 0.535. The van der Waals surface area contributed by atoms with E-state index in [0.29, 0.717) is 49.9 Å². The third kappa shape index (κ3) is 6.68. The molecule has 0 spiro atoms. The fourth-order valence-corrected chi connectivity index (χ4v) is 5.42. The van der Waals surface area contributed by atoms with Gasteiger partial charge in [-0.15, -0.1) is 0 Å². The molecule has 2 fully saturated rings. The van der Waals surface area contributed by atoms with Gasteiger partial charge in [-0.25, -0.2) is 8.61 Å². The second-order valence-corrected chi connectivity index (χ2v) is 10.4. The number of nitrogens with zero attached hydrogens (tertiary/aromatic N) is 3. The molecule has 33 heavy (non-hydrogen) atoms. The Morgan fingerprint density at radius 1 is 1.27 bits per heavy atom. The number of ether oxygens (including phenoxy) is 3. The lowest BCUT2D eigenvalue weighted by Crippen LogP contribution is -2.38. The number of carbonyl (C=O) groups is 2. The van der Waals surface area contributed by atoms with Crippen molar-refractivity contribution in [3.63, 3.8) is 0 Å². The van der Waals surface area contributed by atoms with Crippen LogP contribution in [-0.2, 0) is 19.1 Å². The number of hydrogen-bond donors (Lipinski definition) is 0. The van der Waals surface area contributed by atoms with Crippen molar-refractivity contribution >= 4 is 47.7 Å². The van der Waals surface area contributed by atoms with Gasteiger partial charge in [0, 0.05) is 38.8 Å². The van der Waals surface area contributed by atoms with Gasteiger partial charge in [-0.05, 0) is 30.9 Å². The number of carbonyl (C=O) groups excluding carboxylic acids is 2. The number of morpholine rings is 1. The molecule has 2 atom stereocenters. The maximum Gasteiger partial charge on any atom is 0.295 e. The van der Waals surface area contributed by atoms with Gasteiger partial charge in [0.15, 0.2) is 0 Å². The first-order valence-corrected chi connectivity index (χ1v) is 12.6. The lowest BCUT2D eigenvalue weighted by molar-refractivity contribution is -0.146. The highest BCUT2D eigenvalue weighted by Gasteiger charge is 2.44. The van der Waals surface area contributed by atoms with E-state index >= 15 is 0 Å². The predicted octanol–water partition coefficient (Wildman–Crippen LogP) is 4.02. The van der Waals surface area contributed by atoms with Crippen molar-refractivity contribution in [2.24, 2.45) is 5.92 Å². The first kappa shape index (κ1) is 26.4. The molecule has 0 aromatic heterocycles. The van der Waals surface area contributed by atoms with Crippen molar-refractivity contribution in [1.82, 2.24) is 13.5 Å². The van der Waals surface area contributed by atoms with E-state index in [1.807, 2.05) is 11.4 Å². The van der Waals surface area contributed by atoms with Crippen LogP contribution in [0.25, 0.3) is 0 Å². The maximum absolute atomic E-state index is 13.2. The highest BCUT2D eigenvalue weighted by molar-refractivity contribution is 7.95. The molecule has 184 valence electrons. The SMILES string of the molecule is CC(C)CCC1C(=O)N(C(OC=O)c2c(Cl)ccc(OCCN3CCOCC3)c2Cl)SN1C. The minimum absolute atomic E-state index is 0.152. The maximum atomic E-state index is 13.2. The smallest absolute Gasteiger partial charge is 0.295 e. The average molecular weight is 520 g/mol. The van der Waals surface area contributed by atoms with Gasteiger partial charge in [-0.1, -0.05) is 37.0 Å². The van der Waals surface area contributed by atoms with Crippen molar-refractivity contribution in [2.75, 3.05) is 46.5 Å². The van der Waals surface area contributed by atoms with Crippen LogP contribution in [0.5, 0.6) is 5.75 Å². The Morgan fingerprint density at radius 2 is 2.00 bits per heavy atom. The van der Waals surface area contributed by atoms with Crippen molar-refractivity contribution < 1.29 is 23.8 Å². The van der Waals surface area contributed by atoms with E-state index in [1.54, 1.807) is 12.1 Å². The van der Waals surface area contributed by atoms with Gasteiger partial charge in [0.1, 0.15) is 18.4 Å². The van der Waals surface area contributed by atoms with Crippen LogP contribution >= 0.6 is 35.3 Å². The molecule has 1 aromatic carbocycles. The molecule has 1 aromatic rings. The third-order valence-corrected chi connectivity index (χ3v) is 7.46. The molecule has 0 aliphatic carbocycles. The first-order valence-electron chi connectivity index (χ1n) is 11.1. The average Bonchev–Trinajstić information content (AvgIpc) is 3.07. The Morgan fingerprint density at radius 3 is 2.67 bits per heavy atom. The van der Waals surface area contributed by atoms with Crippen molar-refractivity contribution in [3.05, 3.63) is 27.7 Å². The molecule has 2 heterocycles. The Labute approximate surface area is 209 Å². The summed E-state index contributed by atoms with van der Waals surface area (Å²) in [6, 6.07) is 3.00. The zero-order valence-electron chi connectivity index (χ0n) is 19.2. The Kier molecular flexibility index (Phi) is 9.96. The molecule has 3 rings (SSSR count). The van der Waals surface area contributed by atoms with E-state index in [0.717, 1.165) is 26.1 Å². The number of likely N-dealkylation sites (N-methyl/N-ethyl adjacent to an activating group) is 1. The molecule has 8 nitrogen and oxygen atoms in total. The summed E-state index contributed by atoms with van der Waals surface area (Å²) in [4.78, 5) is 26.8. The van der Waals surface area contributed by atoms with Crippen LogP contribution in [0.3, 0.4) is 0 Å². The van der Waals surface area contributed by atoms with Gasteiger partial charge in [-0.3, -0.25) is 14.5 Å². The van der Waals surface area contributed by atoms with E-state index in [4.69, 9.17) is 37.4 Å². The van der Waals surface area contributed by atoms with Crippen LogP contribution in [0.2, 0.25) is 10.0 Å². The minimum atomic E-state index is -1.07. The highest BCUT2D eigenvalue weighted by atomic mass is 35.5. The zero-order valence-corrected chi connectivity index (χ0v) is 21.5. The summed E-state index contributed by atoms with van der Waals surface area (Å²) >= 11 is 14.3. The van der Waals surface area contributed by atoms with Crippen LogP contribution in [0.4, 0.5) is 0 Å². The first-order chi connectivity index (χ1) is 15.8. The Hall–Kier alpha value is -1.23. The van der Waals surface area contributed by atoms with Gasteiger partial charge < -0.3 is 14.2 Å². The normalized spacial score (nSPS) is 21.0. The molecule has 11 heteroatoms. The topological polar surface area (TPSA) is 71.5 Å². The van der Waals surface area contributed by atoms with E-state index in [-0.39, 0.29) is 22.0 Å². The van der Waals surface area contributed by atoms with Gasteiger partial charge in [0.05, 0.1) is 28.8 Å². The molecule has 1 amide bonds. The van der Waals surface area contributed by atoms with Crippen LogP contribution in [-0.4, -0.2) is 78.4 Å². The van der Waals surface area contributed by atoms with Crippen LogP contribution < -0.4 is 4.74 Å². The highest BCUT2D eigenvalue weighted by Crippen LogP contribution is 2.45. The molecular formula is C22H31Cl2N3O5S. The fraction of sp³-hybridized carbons (Fsp3) is 0.636. The number of halogens is 2. The standard InChI is InChI=1S/C22H31Cl2N3O5S/c1-15(2)4-6-17-21(29)27(33-25(17)3)22(32-14-28)19-16(23)5-7-18(20(19)24)31-13-10-26-8-11-30-12-9-26/h5,7,14-15,17,22H,4,6,8-13H2,1-3H3. The van der Waals surface area contributed by atoms with Crippen molar-refractivity contribution in [2.45, 2.75) is 39.0 Å². The third-order valence-electron chi connectivity index (χ3n) is 5.68. The summed E-state index contributed by atoms with van der Waals surface area (Å²) in [5.41, 5.74) is 0.327. The largest absolute Gasteiger partial charge is 0.491 e. The van der Waals surface area contributed by atoms with Gasteiger partial charge >= 0.3 is 0 Å². The van der Waals surface area contributed by atoms with E-state index in [9.17, 15) is 9.59 Å². The van der Waals surface area contributed by atoms with Crippen molar-refractivity contribution in [1.29, 1.82) is 0 Å². The molecule has 2 aliphatic heterocycles. The molecule has 0 bridgehead atoms. The van der Waals surface area contributed by atoms with E-state index in [2.05, 4.69) is 18.7 Å². The van der Waals surface area contributed by atoms with Crippen LogP contribution in [0.15, 0.2) is 12.1 Å². The second-order valence-electron chi connectivity index (χ2n) is 8.44. The Balaban J connectivity index is 1.77. The summed E-state index contributed by atoms with van der Waals surface area (Å²) in [6.45, 7) is 8.84.